The highest BCUT2D eigenvalue weighted by Gasteiger charge is 2.23. The Hall–Kier alpha value is -2.92. The van der Waals surface area contributed by atoms with E-state index < -0.39 is 31.1 Å². The number of nitrogens with zero attached hydrogens (tertiary/aromatic N) is 4. The Kier molecular flexibility index (Phi) is 14.1. The Morgan fingerprint density at radius 2 is 1.19 bits per heavy atom. The molecule has 0 saturated heterocycles. The lowest BCUT2D eigenvalue weighted by Crippen LogP contribution is -2.40. The zero-order valence-corrected chi connectivity index (χ0v) is 32.0. The molecule has 12 nitrogen and oxygen atoms in total. The summed E-state index contributed by atoms with van der Waals surface area (Å²) in [4.78, 5) is 15.8. The highest BCUT2D eigenvalue weighted by molar-refractivity contribution is 9.10. The Bertz CT molecular complexity index is 1900. The van der Waals surface area contributed by atoms with Crippen molar-refractivity contribution in [3.63, 3.8) is 0 Å². The molecule has 4 rings (SSSR count). The summed E-state index contributed by atoms with van der Waals surface area (Å²) in [6.45, 7) is 14.5. The third-order valence-corrected chi connectivity index (χ3v) is 9.69. The van der Waals surface area contributed by atoms with Gasteiger partial charge in [0.05, 0.1) is 9.79 Å². The quantitative estimate of drug-likeness (QED) is 0.152. The molecule has 0 bridgehead atoms. The molecule has 2 aromatic heterocycles. The summed E-state index contributed by atoms with van der Waals surface area (Å²) >= 11 is 14.4. The number of nitrogen functional groups attached to an aromatic ring is 1. The molecule has 0 aliphatic heterocycles. The van der Waals surface area contributed by atoms with Crippen molar-refractivity contribution in [3.8, 4) is 0 Å². The second-order valence-electron chi connectivity index (χ2n) is 12.2. The Balaban J connectivity index is 0.000000273. The maximum absolute atomic E-state index is 12.4. The van der Waals surface area contributed by atoms with Crippen molar-refractivity contribution in [1.29, 1.82) is 0 Å². The first-order chi connectivity index (χ1) is 21.5. The van der Waals surface area contributed by atoms with Crippen LogP contribution < -0.4 is 20.5 Å². The number of nitrogens with one attached hydrogen (secondary N) is 3. The number of anilines is 3. The summed E-state index contributed by atoms with van der Waals surface area (Å²) in [6, 6.07) is 13.1. The minimum absolute atomic E-state index is 0.122. The smallest absolute Gasteiger partial charge is 0.241 e. The van der Waals surface area contributed by atoms with Crippen molar-refractivity contribution >= 4 is 76.5 Å². The Morgan fingerprint density at radius 1 is 0.723 bits per heavy atom. The zero-order valence-electron chi connectivity index (χ0n) is 27.2. The fraction of sp³-hybridized carbons (Fsp3) is 0.333. The number of hydrogen-bond donors (Lipinski definition) is 4. The van der Waals surface area contributed by atoms with E-state index in [2.05, 4.69) is 50.6 Å². The molecule has 0 spiro atoms. The highest BCUT2D eigenvalue weighted by Crippen LogP contribution is 2.23. The molecule has 0 aliphatic rings. The molecule has 0 fully saturated rings. The predicted molar refractivity (Wildman–Crippen MR) is 192 cm³/mol. The Labute approximate surface area is 295 Å². The summed E-state index contributed by atoms with van der Waals surface area (Å²) in [5.74, 6) is 0.971. The SMILES string of the molecule is CC(C)(C)NS(=O)(=O)c1cccc(Br)c1.Cc1cnc(Cl)nc1N.Cc1cnc(Cl)nc1Nc1cccc(S(=O)(=O)NC(C)(C)C)c1. The van der Waals surface area contributed by atoms with Gasteiger partial charge in [-0.15, -0.1) is 0 Å². The van der Waals surface area contributed by atoms with Crippen molar-refractivity contribution in [3.05, 3.63) is 87.1 Å². The van der Waals surface area contributed by atoms with Crippen LogP contribution in [-0.2, 0) is 20.0 Å². The molecular formula is C30H39BrCl2N8O4S2. The fourth-order valence-electron chi connectivity index (χ4n) is 3.42. The van der Waals surface area contributed by atoms with Crippen molar-refractivity contribution in [2.75, 3.05) is 11.1 Å². The van der Waals surface area contributed by atoms with Gasteiger partial charge < -0.3 is 11.1 Å². The summed E-state index contributed by atoms with van der Waals surface area (Å²) in [7, 11) is -7.02. The van der Waals surface area contributed by atoms with Crippen molar-refractivity contribution in [1.82, 2.24) is 29.4 Å². The Morgan fingerprint density at radius 3 is 1.66 bits per heavy atom. The van der Waals surface area contributed by atoms with Gasteiger partial charge >= 0.3 is 0 Å². The van der Waals surface area contributed by atoms with E-state index in [0.29, 0.717) is 17.3 Å². The zero-order chi connectivity index (χ0) is 35.8. The molecule has 17 heteroatoms. The normalized spacial score (nSPS) is 11.9. The topological polar surface area (TPSA) is 182 Å². The lowest BCUT2D eigenvalue weighted by atomic mass is 10.1. The van der Waals surface area contributed by atoms with Gasteiger partial charge in [-0.3, -0.25) is 0 Å². The number of halogens is 3. The standard InChI is InChI=1S/C15H19ClN4O2S.C10H14BrNO2S.C5H6ClN3/c1-10-9-17-14(16)19-13(10)18-11-6-5-7-12(8-11)23(21,22)20-15(2,3)4;1-10(2,3)12-15(13,14)9-6-4-5-8(11)7-9;1-3-2-8-5(6)9-4(3)7/h5-9,20H,1-4H3,(H,17,18,19);4-7,12H,1-3H3;2H,1H3,(H2,7,8,9). The largest absolute Gasteiger partial charge is 0.383 e. The van der Waals surface area contributed by atoms with E-state index in [0.717, 1.165) is 15.6 Å². The summed E-state index contributed by atoms with van der Waals surface area (Å²) in [5, 5.41) is 3.37. The van der Waals surface area contributed by atoms with Gasteiger partial charge in [-0.2, -0.15) is 0 Å². The number of aromatic nitrogens is 4. The van der Waals surface area contributed by atoms with E-state index in [4.69, 9.17) is 28.9 Å². The minimum atomic E-state index is -3.60. The molecule has 0 saturated carbocycles. The van der Waals surface area contributed by atoms with E-state index in [-0.39, 0.29) is 20.4 Å². The van der Waals surface area contributed by atoms with Crippen LogP contribution in [-0.4, -0.2) is 47.8 Å². The van der Waals surface area contributed by atoms with Crippen LogP contribution in [0.5, 0.6) is 0 Å². The minimum Gasteiger partial charge on any atom is -0.383 e. The van der Waals surface area contributed by atoms with Crippen LogP contribution in [0, 0.1) is 13.8 Å². The average molecular weight is 791 g/mol. The first-order valence-corrected chi connectivity index (χ1v) is 18.4. The summed E-state index contributed by atoms with van der Waals surface area (Å²) < 4.78 is 54.5. The molecule has 4 aromatic rings. The third-order valence-electron chi connectivity index (χ3n) is 5.32. The number of benzene rings is 2. The van der Waals surface area contributed by atoms with Gasteiger partial charge in [0, 0.05) is 44.8 Å². The van der Waals surface area contributed by atoms with Crippen LogP contribution in [0.2, 0.25) is 10.6 Å². The maximum atomic E-state index is 12.4. The van der Waals surface area contributed by atoms with Gasteiger partial charge in [0.1, 0.15) is 11.6 Å². The van der Waals surface area contributed by atoms with E-state index in [9.17, 15) is 16.8 Å². The molecular weight excluding hydrogens is 751 g/mol. The molecule has 0 aliphatic carbocycles. The highest BCUT2D eigenvalue weighted by atomic mass is 79.9. The van der Waals surface area contributed by atoms with Gasteiger partial charge in [-0.1, -0.05) is 28.1 Å². The predicted octanol–water partition coefficient (Wildman–Crippen LogP) is 6.81. The molecule has 0 atom stereocenters. The van der Waals surface area contributed by atoms with E-state index in [1.807, 2.05) is 34.6 Å². The summed E-state index contributed by atoms with van der Waals surface area (Å²) in [6.07, 6.45) is 3.18. The molecule has 47 heavy (non-hydrogen) atoms. The molecule has 2 heterocycles. The number of sulfonamides is 2. The van der Waals surface area contributed by atoms with Crippen LogP contribution in [0.1, 0.15) is 52.7 Å². The lowest BCUT2D eigenvalue weighted by Gasteiger charge is -2.20. The molecule has 0 radical (unpaired) electrons. The number of aryl methyl sites for hydroxylation is 2. The van der Waals surface area contributed by atoms with Crippen LogP contribution in [0.15, 0.2) is 75.2 Å². The first-order valence-electron chi connectivity index (χ1n) is 13.9. The van der Waals surface area contributed by atoms with Gasteiger partial charge in [0.15, 0.2) is 0 Å². The average Bonchev–Trinajstić information content (AvgIpc) is 2.91. The number of nitrogens with two attached hydrogens (primary N) is 1. The molecule has 0 amide bonds. The number of hydrogen-bond acceptors (Lipinski definition) is 10. The van der Waals surface area contributed by atoms with Crippen molar-refractivity contribution < 1.29 is 16.8 Å². The number of rotatable bonds is 6. The molecule has 5 N–H and O–H groups in total. The van der Waals surface area contributed by atoms with Crippen molar-refractivity contribution in [2.45, 2.75) is 76.3 Å². The van der Waals surface area contributed by atoms with Gasteiger partial charge in [-0.25, -0.2) is 46.2 Å². The van der Waals surface area contributed by atoms with Crippen LogP contribution in [0.25, 0.3) is 0 Å². The van der Waals surface area contributed by atoms with Crippen LogP contribution in [0.4, 0.5) is 17.3 Å². The van der Waals surface area contributed by atoms with E-state index >= 15 is 0 Å². The maximum Gasteiger partial charge on any atom is 0.241 e. The van der Waals surface area contributed by atoms with Crippen LogP contribution >= 0.6 is 39.1 Å². The molecule has 0 unspecified atom stereocenters. The second kappa shape index (κ2) is 16.5. The fourth-order valence-corrected chi connectivity index (χ4v) is 7.17. The molecule has 256 valence electrons. The summed E-state index contributed by atoms with van der Waals surface area (Å²) in [5.41, 5.74) is 6.60. The van der Waals surface area contributed by atoms with E-state index in [1.165, 1.54) is 0 Å². The van der Waals surface area contributed by atoms with E-state index in [1.54, 1.807) is 81.7 Å². The monoisotopic (exact) mass is 788 g/mol. The third kappa shape index (κ3) is 14.4. The van der Waals surface area contributed by atoms with Gasteiger partial charge in [0.25, 0.3) is 0 Å². The van der Waals surface area contributed by atoms with Crippen LogP contribution in [0.3, 0.4) is 0 Å². The molecule has 2 aromatic carbocycles. The second-order valence-corrected chi connectivity index (χ2v) is 17.2. The van der Waals surface area contributed by atoms with Gasteiger partial charge in [0.2, 0.25) is 30.6 Å². The first kappa shape index (κ1) is 40.3. The lowest BCUT2D eigenvalue weighted by molar-refractivity contribution is 0.490. The van der Waals surface area contributed by atoms with Gasteiger partial charge in [-0.05, 0) is 115 Å². The van der Waals surface area contributed by atoms with Crippen molar-refractivity contribution in [2.24, 2.45) is 0 Å².